The number of rotatable bonds is 4. The van der Waals surface area contributed by atoms with Gasteiger partial charge in [-0.2, -0.15) is 0 Å². The number of nitrogens with zero attached hydrogens (tertiary/aromatic N) is 4. The van der Waals surface area contributed by atoms with E-state index in [9.17, 15) is 4.79 Å². The van der Waals surface area contributed by atoms with E-state index in [1.54, 1.807) is 24.3 Å². The molecule has 3 aromatic rings. The van der Waals surface area contributed by atoms with Gasteiger partial charge in [-0.15, -0.1) is 0 Å². The number of benzene rings is 1. The van der Waals surface area contributed by atoms with Gasteiger partial charge in [-0.1, -0.05) is 0 Å². The van der Waals surface area contributed by atoms with Gasteiger partial charge in [-0.05, 0) is 37.1 Å². The summed E-state index contributed by atoms with van der Waals surface area (Å²) in [6.45, 7) is 2.68. The first kappa shape index (κ1) is 17.4. The van der Waals surface area contributed by atoms with Crippen molar-refractivity contribution in [2.45, 2.75) is 25.4 Å². The smallest absolute Gasteiger partial charge is 0.415 e. The first-order chi connectivity index (χ1) is 13.1. The van der Waals surface area contributed by atoms with Crippen LogP contribution in [0.4, 0.5) is 4.79 Å². The molecule has 1 saturated heterocycles. The van der Waals surface area contributed by atoms with E-state index in [1.807, 2.05) is 6.07 Å². The van der Waals surface area contributed by atoms with Gasteiger partial charge in [0.1, 0.15) is 12.1 Å². The van der Waals surface area contributed by atoms with Crippen LogP contribution in [0.1, 0.15) is 18.5 Å². The van der Waals surface area contributed by atoms with Crippen molar-refractivity contribution in [3.8, 4) is 11.6 Å². The molecule has 3 N–H and O–H groups in total. The molecule has 0 spiro atoms. The van der Waals surface area contributed by atoms with Gasteiger partial charge in [-0.25, -0.2) is 14.8 Å². The molecule has 1 aliphatic heterocycles. The zero-order chi connectivity index (χ0) is 18.8. The average molecular weight is 367 g/mol. The van der Waals surface area contributed by atoms with Crippen molar-refractivity contribution in [2.24, 2.45) is 5.73 Å². The predicted octanol–water partition coefficient (Wildman–Crippen LogP) is 2.67. The first-order valence-electron chi connectivity index (χ1n) is 8.89. The summed E-state index contributed by atoms with van der Waals surface area (Å²) in [5.41, 5.74) is 7.46. The topological polar surface area (TPSA) is 106 Å². The molecule has 0 unspecified atom stereocenters. The number of piperidine rings is 1. The fourth-order valence-corrected chi connectivity index (χ4v) is 3.33. The third kappa shape index (κ3) is 3.91. The summed E-state index contributed by atoms with van der Waals surface area (Å²) in [4.78, 5) is 22.0. The number of nitrogens with two attached hydrogens (primary N) is 1. The van der Waals surface area contributed by atoms with Crippen LogP contribution in [0.5, 0.6) is 11.6 Å². The van der Waals surface area contributed by atoms with Crippen LogP contribution >= 0.6 is 0 Å². The fourth-order valence-electron chi connectivity index (χ4n) is 3.33. The third-order valence-corrected chi connectivity index (χ3v) is 4.81. The van der Waals surface area contributed by atoms with Crippen LogP contribution in [-0.2, 0) is 6.54 Å². The second kappa shape index (κ2) is 7.34. The normalized spacial score (nSPS) is 15.9. The largest absolute Gasteiger partial charge is 0.464 e. The molecule has 0 saturated carbocycles. The highest BCUT2D eigenvalue weighted by atomic mass is 16.5. The zero-order valence-electron chi connectivity index (χ0n) is 14.8. The van der Waals surface area contributed by atoms with Gasteiger partial charge < -0.3 is 15.6 Å². The Labute approximate surface area is 156 Å². The molecular weight excluding hydrogens is 346 g/mol. The van der Waals surface area contributed by atoms with E-state index in [2.05, 4.69) is 14.9 Å². The number of carboxylic acid groups (broad SMARTS) is 1. The Hall–Kier alpha value is -2.97. The quantitative estimate of drug-likeness (QED) is 0.730. The number of hydrogen-bond acceptors (Lipinski definition) is 6. The van der Waals surface area contributed by atoms with E-state index >= 15 is 0 Å². The highest BCUT2D eigenvalue weighted by molar-refractivity contribution is 5.89. The van der Waals surface area contributed by atoms with Crippen molar-refractivity contribution in [1.82, 2.24) is 19.4 Å². The van der Waals surface area contributed by atoms with Crippen molar-refractivity contribution in [3.05, 3.63) is 48.5 Å². The molecule has 0 aliphatic carbocycles. The standard InChI is InChI=1S/C19H21N5O3/c20-14-4-6-23(7-5-14)11-15-10-18(22-12-21-15)27-16-1-2-17-13(9-16)3-8-24(17)19(25)26/h1-3,8-10,12,14H,4-7,11,20H2,(H,25,26). The van der Waals surface area contributed by atoms with Crippen molar-refractivity contribution < 1.29 is 14.6 Å². The summed E-state index contributed by atoms with van der Waals surface area (Å²) < 4.78 is 7.03. The molecule has 8 heteroatoms. The maximum atomic E-state index is 11.2. The number of carbonyl (C=O) groups is 1. The van der Waals surface area contributed by atoms with E-state index in [-0.39, 0.29) is 0 Å². The van der Waals surface area contributed by atoms with Crippen LogP contribution in [0.2, 0.25) is 0 Å². The summed E-state index contributed by atoms with van der Waals surface area (Å²) in [5.74, 6) is 1.06. The summed E-state index contributed by atoms with van der Waals surface area (Å²) in [7, 11) is 0. The highest BCUT2D eigenvalue weighted by Gasteiger charge is 2.17. The maximum absolute atomic E-state index is 11.2. The number of ether oxygens (including phenoxy) is 1. The Morgan fingerprint density at radius 2 is 2.04 bits per heavy atom. The molecular formula is C19H21N5O3. The minimum Gasteiger partial charge on any atom is -0.464 e. The second-order valence-corrected chi connectivity index (χ2v) is 6.75. The molecule has 3 heterocycles. The predicted molar refractivity (Wildman–Crippen MR) is 100.0 cm³/mol. The third-order valence-electron chi connectivity index (χ3n) is 4.81. The van der Waals surface area contributed by atoms with E-state index in [0.29, 0.717) is 23.2 Å². The summed E-state index contributed by atoms with van der Waals surface area (Å²) in [6, 6.07) is 9.12. The Bertz CT molecular complexity index is 963. The van der Waals surface area contributed by atoms with Gasteiger partial charge in [0.25, 0.3) is 0 Å². The van der Waals surface area contributed by atoms with E-state index in [4.69, 9.17) is 15.6 Å². The van der Waals surface area contributed by atoms with Gasteiger partial charge in [0.05, 0.1) is 11.2 Å². The van der Waals surface area contributed by atoms with Crippen molar-refractivity contribution >= 4 is 17.0 Å². The lowest BCUT2D eigenvalue weighted by Crippen LogP contribution is -2.39. The van der Waals surface area contributed by atoms with Crippen LogP contribution in [-0.4, -0.2) is 49.8 Å². The molecule has 0 atom stereocenters. The molecule has 0 bridgehead atoms. The summed E-state index contributed by atoms with van der Waals surface area (Å²) >= 11 is 0. The van der Waals surface area contributed by atoms with Gasteiger partial charge in [0.2, 0.25) is 5.88 Å². The number of fused-ring (bicyclic) bond motifs is 1. The lowest BCUT2D eigenvalue weighted by molar-refractivity contribution is 0.197. The number of aromatic nitrogens is 3. The van der Waals surface area contributed by atoms with Crippen LogP contribution in [0.15, 0.2) is 42.9 Å². The van der Waals surface area contributed by atoms with Gasteiger partial charge in [-0.3, -0.25) is 9.47 Å². The molecule has 1 aliphatic rings. The molecule has 8 nitrogen and oxygen atoms in total. The zero-order valence-corrected chi connectivity index (χ0v) is 14.8. The molecule has 27 heavy (non-hydrogen) atoms. The monoisotopic (exact) mass is 367 g/mol. The van der Waals surface area contributed by atoms with Crippen LogP contribution in [0, 0.1) is 0 Å². The Balaban J connectivity index is 1.48. The van der Waals surface area contributed by atoms with Crippen LogP contribution in [0.25, 0.3) is 10.9 Å². The van der Waals surface area contributed by atoms with Crippen LogP contribution < -0.4 is 10.5 Å². The minimum atomic E-state index is -1.02. The van der Waals surface area contributed by atoms with E-state index in [1.165, 1.54) is 17.1 Å². The second-order valence-electron chi connectivity index (χ2n) is 6.75. The fraction of sp³-hybridized carbons (Fsp3) is 0.316. The van der Waals surface area contributed by atoms with Gasteiger partial charge in [0.15, 0.2) is 0 Å². The summed E-state index contributed by atoms with van der Waals surface area (Å²) in [5, 5.41) is 9.95. The number of likely N-dealkylation sites (tertiary alicyclic amines) is 1. The molecule has 4 rings (SSSR count). The van der Waals surface area contributed by atoms with E-state index in [0.717, 1.165) is 43.6 Å². The highest BCUT2D eigenvalue weighted by Crippen LogP contribution is 2.26. The minimum absolute atomic E-state index is 0.302. The van der Waals surface area contributed by atoms with Gasteiger partial charge in [0, 0.05) is 43.3 Å². The Morgan fingerprint density at radius 3 is 2.81 bits per heavy atom. The van der Waals surface area contributed by atoms with Crippen molar-refractivity contribution in [1.29, 1.82) is 0 Å². The Morgan fingerprint density at radius 1 is 1.22 bits per heavy atom. The van der Waals surface area contributed by atoms with E-state index < -0.39 is 6.09 Å². The first-order valence-corrected chi connectivity index (χ1v) is 8.89. The molecule has 1 fully saturated rings. The lowest BCUT2D eigenvalue weighted by atomic mass is 10.1. The SMILES string of the molecule is NC1CCN(Cc2cc(Oc3ccc4c(ccn4C(=O)O)c3)ncn2)CC1. The van der Waals surface area contributed by atoms with Gasteiger partial charge >= 0.3 is 6.09 Å². The molecule has 0 amide bonds. The molecule has 140 valence electrons. The number of hydrogen-bond donors (Lipinski definition) is 2. The van der Waals surface area contributed by atoms with Crippen LogP contribution in [0.3, 0.4) is 0 Å². The molecule has 0 radical (unpaired) electrons. The lowest BCUT2D eigenvalue weighted by Gasteiger charge is -2.29. The maximum Gasteiger partial charge on any atom is 0.415 e. The molecule has 1 aromatic carbocycles. The van der Waals surface area contributed by atoms with Crippen molar-refractivity contribution in [2.75, 3.05) is 13.1 Å². The Kier molecular flexibility index (Phi) is 4.74. The molecule has 2 aromatic heterocycles. The summed E-state index contributed by atoms with van der Waals surface area (Å²) in [6.07, 6.45) is 4.01. The average Bonchev–Trinajstić information content (AvgIpc) is 3.07. The van der Waals surface area contributed by atoms with Crippen molar-refractivity contribution in [3.63, 3.8) is 0 Å².